The summed E-state index contributed by atoms with van der Waals surface area (Å²) in [5.74, 6) is -1.41. The van der Waals surface area contributed by atoms with Gasteiger partial charge in [-0.25, -0.2) is 8.78 Å². The maximum absolute atomic E-state index is 14.2. The average Bonchev–Trinajstić information content (AvgIpc) is 2.68. The van der Waals surface area contributed by atoms with Gasteiger partial charge in [0.15, 0.2) is 11.7 Å². The van der Waals surface area contributed by atoms with Crippen LogP contribution in [0.1, 0.15) is 53.4 Å². The van der Waals surface area contributed by atoms with Gasteiger partial charge in [-0.05, 0) is 57.9 Å². The number of rotatable bonds is 10. The van der Waals surface area contributed by atoms with E-state index >= 15 is 0 Å². The molecule has 0 aromatic rings. The molecule has 1 aliphatic heterocycles. The number of allylic oxidation sites excluding steroid dienone is 4. The number of halogens is 2. The van der Waals surface area contributed by atoms with E-state index in [1.165, 1.54) is 14.0 Å². The van der Waals surface area contributed by atoms with Crippen molar-refractivity contribution in [3.8, 4) is 0 Å². The van der Waals surface area contributed by atoms with E-state index in [9.17, 15) is 8.78 Å². The van der Waals surface area contributed by atoms with Crippen molar-refractivity contribution in [2.45, 2.75) is 65.6 Å². The third kappa shape index (κ3) is 7.20. The Balaban J connectivity index is 2.39. The minimum atomic E-state index is -0.923. The standard InChI is InChI=1S/C21H34F2O3/c1-7-18-10-11-19(26-12-18)13-25-15(3)9-8-14(2)16(4)20(22)21(23)17(5)24-6/h7,14-15,18-19H,1,8-13H2,2-6H3/b20-16-,21-17-. The first-order chi connectivity index (χ1) is 12.3. The maximum atomic E-state index is 14.2. The van der Waals surface area contributed by atoms with Crippen LogP contribution in [0.3, 0.4) is 0 Å². The molecule has 1 rings (SSSR count). The van der Waals surface area contributed by atoms with E-state index in [1.54, 1.807) is 6.92 Å². The van der Waals surface area contributed by atoms with E-state index in [0.717, 1.165) is 25.7 Å². The summed E-state index contributed by atoms with van der Waals surface area (Å²) in [6, 6.07) is 0. The zero-order chi connectivity index (χ0) is 19.7. The lowest BCUT2D eigenvalue weighted by Crippen LogP contribution is -2.30. The highest BCUT2D eigenvalue weighted by molar-refractivity contribution is 5.27. The second kappa shape index (κ2) is 11.5. The van der Waals surface area contributed by atoms with Crippen LogP contribution in [0.4, 0.5) is 8.78 Å². The summed E-state index contributed by atoms with van der Waals surface area (Å²) in [6.45, 7) is 12.0. The first kappa shape index (κ1) is 22.8. The number of methoxy groups -OCH3 is 1. The third-order valence-corrected chi connectivity index (χ3v) is 5.21. The zero-order valence-corrected chi connectivity index (χ0v) is 16.8. The quantitative estimate of drug-likeness (QED) is 0.272. The van der Waals surface area contributed by atoms with Gasteiger partial charge in [-0.15, -0.1) is 6.58 Å². The molecule has 0 bridgehead atoms. The van der Waals surface area contributed by atoms with Crippen LogP contribution < -0.4 is 0 Å². The Morgan fingerprint density at radius 2 is 1.88 bits per heavy atom. The van der Waals surface area contributed by atoms with Crippen molar-refractivity contribution in [3.63, 3.8) is 0 Å². The SMILES string of the molecule is C=CC1CCC(COC(C)CCC(C)/C(C)=C(F)/C(F)=C(\C)OC)OC1. The lowest BCUT2D eigenvalue weighted by atomic mass is 9.94. The smallest absolute Gasteiger partial charge is 0.195 e. The Kier molecular flexibility index (Phi) is 10.1. The third-order valence-electron chi connectivity index (χ3n) is 5.21. The number of hydrogen-bond donors (Lipinski definition) is 0. The van der Waals surface area contributed by atoms with E-state index < -0.39 is 11.7 Å². The second-order valence-electron chi connectivity index (χ2n) is 7.22. The minimum absolute atomic E-state index is 0.0445. The van der Waals surface area contributed by atoms with Crippen molar-refractivity contribution in [2.75, 3.05) is 20.3 Å². The maximum Gasteiger partial charge on any atom is 0.195 e. The molecule has 1 fully saturated rings. The zero-order valence-electron chi connectivity index (χ0n) is 16.8. The first-order valence-electron chi connectivity index (χ1n) is 9.42. The van der Waals surface area contributed by atoms with Gasteiger partial charge in [0.05, 0.1) is 32.5 Å². The summed E-state index contributed by atoms with van der Waals surface area (Å²) in [5.41, 5.74) is 0.400. The van der Waals surface area contributed by atoms with E-state index in [2.05, 4.69) is 6.58 Å². The van der Waals surface area contributed by atoms with E-state index in [0.29, 0.717) is 24.7 Å². The molecule has 1 heterocycles. The van der Waals surface area contributed by atoms with Crippen molar-refractivity contribution in [3.05, 3.63) is 35.6 Å². The van der Waals surface area contributed by atoms with Crippen molar-refractivity contribution in [1.82, 2.24) is 0 Å². The molecular weight excluding hydrogens is 338 g/mol. The van der Waals surface area contributed by atoms with Gasteiger partial charge in [-0.3, -0.25) is 0 Å². The van der Waals surface area contributed by atoms with E-state index in [4.69, 9.17) is 14.2 Å². The molecule has 4 unspecified atom stereocenters. The molecule has 0 aliphatic carbocycles. The molecule has 4 atom stereocenters. The highest BCUT2D eigenvalue weighted by Crippen LogP contribution is 2.28. The average molecular weight is 372 g/mol. The fraction of sp³-hybridized carbons (Fsp3) is 0.714. The molecular formula is C21H34F2O3. The molecule has 0 aromatic carbocycles. The minimum Gasteiger partial charge on any atom is -0.498 e. The molecule has 3 nitrogen and oxygen atoms in total. The van der Waals surface area contributed by atoms with Crippen molar-refractivity contribution in [2.24, 2.45) is 11.8 Å². The lowest BCUT2D eigenvalue weighted by Gasteiger charge is -2.28. The highest BCUT2D eigenvalue weighted by atomic mass is 19.2. The largest absolute Gasteiger partial charge is 0.498 e. The Bertz CT molecular complexity index is 505. The summed E-state index contributed by atoms with van der Waals surface area (Å²) >= 11 is 0. The number of hydrogen-bond acceptors (Lipinski definition) is 3. The molecule has 0 radical (unpaired) electrons. The predicted octanol–water partition coefficient (Wildman–Crippen LogP) is 5.88. The van der Waals surface area contributed by atoms with E-state index in [1.807, 2.05) is 19.9 Å². The van der Waals surface area contributed by atoms with Gasteiger partial charge >= 0.3 is 0 Å². The molecule has 1 saturated heterocycles. The summed E-state index contributed by atoms with van der Waals surface area (Å²) in [4.78, 5) is 0. The first-order valence-corrected chi connectivity index (χ1v) is 9.42. The van der Waals surface area contributed by atoms with Gasteiger partial charge in [0, 0.05) is 5.92 Å². The fourth-order valence-electron chi connectivity index (χ4n) is 2.83. The normalized spacial score (nSPS) is 25.0. The van der Waals surface area contributed by atoms with Crippen LogP contribution in [-0.2, 0) is 14.2 Å². The van der Waals surface area contributed by atoms with Crippen LogP contribution in [-0.4, -0.2) is 32.5 Å². The highest BCUT2D eigenvalue weighted by Gasteiger charge is 2.21. The molecule has 0 N–H and O–H groups in total. The summed E-state index contributed by atoms with van der Waals surface area (Å²) < 4.78 is 44.4. The van der Waals surface area contributed by atoms with Gasteiger partial charge in [0.1, 0.15) is 5.76 Å². The van der Waals surface area contributed by atoms with Gasteiger partial charge in [0.2, 0.25) is 0 Å². The molecule has 1 aliphatic rings. The van der Waals surface area contributed by atoms with Crippen LogP contribution in [0.5, 0.6) is 0 Å². The Labute approximate surface area is 157 Å². The molecule has 150 valence electrons. The van der Waals surface area contributed by atoms with E-state index in [-0.39, 0.29) is 23.9 Å². The van der Waals surface area contributed by atoms with Crippen LogP contribution >= 0.6 is 0 Å². The fourth-order valence-corrected chi connectivity index (χ4v) is 2.83. The Morgan fingerprint density at radius 1 is 1.19 bits per heavy atom. The monoisotopic (exact) mass is 372 g/mol. The summed E-state index contributed by atoms with van der Waals surface area (Å²) in [7, 11) is 1.33. The van der Waals surface area contributed by atoms with Crippen LogP contribution in [0.25, 0.3) is 0 Å². The summed E-state index contributed by atoms with van der Waals surface area (Å²) in [6.07, 6.45) is 5.72. The molecule has 0 spiro atoms. The second-order valence-corrected chi connectivity index (χ2v) is 7.22. The van der Waals surface area contributed by atoms with Gasteiger partial charge in [-0.1, -0.05) is 13.0 Å². The number of ether oxygens (including phenoxy) is 3. The molecule has 26 heavy (non-hydrogen) atoms. The van der Waals surface area contributed by atoms with Crippen LogP contribution in [0, 0.1) is 11.8 Å². The van der Waals surface area contributed by atoms with Gasteiger partial charge < -0.3 is 14.2 Å². The van der Waals surface area contributed by atoms with Crippen LogP contribution in [0.15, 0.2) is 35.6 Å². The Morgan fingerprint density at radius 3 is 2.42 bits per heavy atom. The van der Waals surface area contributed by atoms with Crippen molar-refractivity contribution < 1.29 is 23.0 Å². The molecule has 0 aromatic heterocycles. The van der Waals surface area contributed by atoms with Crippen LogP contribution in [0.2, 0.25) is 0 Å². The lowest BCUT2D eigenvalue weighted by molar-refractivity contribution is -0.0709. The molecule has 0 amide bonds. The predicted molar refractivity (Wildman–Crippen MR) is 101 cm³/mol. The topological polar surface area (TPSA) is 27.7 Å². The van der Waals surface area contributed by atoms with Crippen molar-refractivity contribution >= 4 is 0 Å². The molecule has 5 heteroatoms. The van der Waals surface area contributed by atoms with Crippen molar-refractivity contribution in [1.29, 1.82) is 0 Å². The summed E-state index contributed by atoms with van der Waals surface area (Å²) in [5, 5.41) is 0. The van der Waals surface area contributed by atoms with Gasteiger partial charge in [-0.2, -0.15) is 0 Å². The van der Waals surface area contributed by atoms with Gasteiger partial charge in [0.25, 0.3) is 0 Å². The Hall–Kier alpha value is -1.20. The molecule has 0 saturated carbocycles.